The van der Waals surface area contributed by atoms with E-state index < -0.39 is 12.0 Å². The molecular weight excluding hydrogens is 246 g/mol. The number of carboxylic acid groups (broad SMARTS) is 1. The Hall–Kier alpha value is -1.75. The van der Waals surface area contributed by atoms with Crippen molar-refractivity contribution in [2.24, 2.45) is 0 Å². The van der Waals surface area contributed by atoms with Gasteiger partial charge in [-0.1, -0.05) is 0 Å². The van der Waals surface area contributed by atoms with Crippen LogP contribution in [0.4, 0.5) is 0 Å². The second-order valence-corrected chi connectivity index (χ2v) is 4.77. The lowest BCUT2D eigenvalue weighted by Gasteiger charge is -2.20. The number of carbonyl (C=O) groups is 1. The fourth-order valence-electron chi connectivity index (χ4n) is 2.15. The van der Waals surface area contributed by atoms with Crippen LogP contribution in [0.3, 0.4) is 0 Å². The van der Waals surface area contributed by atoms with Gasteiger partial charge in [0.25, 0.3) is 0 Å². The van der Waals surface area contributed by atoms with E-state index in [2.05, 4.69) is 5.32 Å². The van der Waals surface area contributed by atoms with Crippen molar-refractivity contribution in [2.75, 3.05) is 14.2 Å². The molecule has 0 bridgehead atoms. The van der Waals surface area contributed by atoms with Gasteiger partial charge in [-0.15, -0.1) is 0 Å². The molecule has 0 heterocycles. The molecule has 19 heavy (non-hydrogen) atoms. The average Bonchev–Trinajstić information content (AvgIpc) is 3.19. The molecule has 1 saturated carbocycles. The van der Waals surface area contributed by atoms with Crippen molar-refractivity contribution >= 4 is 5.97 Å². The first-order valence-corrected chi connectivity index (χ1v) is 6.28. The molecule has 0 amide bonds. The Morgan fingerprint density at radius 2 is 2.05 bits per heavy atom. The number of aliphatic carboxylic acids is 1. The molecule has 2 N–H and O–H groups in total. The Morgan fingerprint density at radius 1 is 1.37 bits per heavy atom. The Morgan fingerprint density at radius 3 is 2.53 bits per heavy atom. The molecule has 104 valence electrons. The molecule has 0 aromatic heterocycles. The van der Waals surface area contributed by atoms with Crippen LogP contribution >= 0.6 is 0 Å². The van der Waals surface area contributed by atoms with E-state index in [1.54, 1.807) is 13.2 Å². The monoisotopic (exact) mass is 265 g/mol. The van der Waals surface area contributed by atoms with Crippen LogP contribution in [0.1, 0.15) is 30.0 Å². The van der Waals surface area contributed by atoms with Crippen LogP contribution in [0.5, 0.6) is 11.5 Å². The van der Waals surface area contributed by atoms with E-state index in [9.17, 15) is 9.90 Å². The number of methoxy groups -OCH3 is 2. The van der Waals surface area contributed by atoms with Gasteiger partial charge in [-0.05, 0) is 31.4 Å². The number of hydrogen-bond donors (Lipinski definition) is 2. The number of ether oxygens (including phenoxy) is 2. The van der Waals surface area contributed by atoms with E-state index in [0.29, 0.717) is 23.1 Å². The molecule has 1 fully saturated rings. The van der Waals surface area contributed by atoms with Gasteiger partial charge in [-0.3, -0.25) is 10.1 Å². The van der Waals surface area contributed by atoms with Crippen LogP contribution < -0.4 is 14.8 Å². The van der Waals surface area contributed by atoms with Gasteiger partial charge in [0.15, 0.2) is 0 Å². The van der Waals surface area contributed by atoms with Crippen LogP contribution in [0.25, 0.3) is 0 Å². The number of rotatable bonds is 6. The Kier molecular flexibility index (Phi) is 3.95. The fourth-order valence-corrected chi connectivity index (χ4v) is 2.15. The zero-order valence-electron chi connectivity index (χ0n) is 11.4. The molecule has 1 unspecified atom stereocenters. The fraction of sp³-hybridized carbons (Fsp3) is 0.500. The normalized spacial score (nSPS) is 15.9. The van der Waals surface area contributed by atoms with E-state index in [1.807, 2.05) is 13.0 Å². The summed E-state index contributed by atoms with van der Waals surface area (Å²) in [5, 5.41) is 12.6. The summed E-state index contributed by atoms with van der Waals surface area (Å²) in [6.07, 6.45) is 2.06. The second-order valence-electron chi connectivity index (χ2n) is 4.77. The van der Waals surface area contributed by atoms with Crippen molar-refractivity contribution in [3.05, 3.63) is 23.3 Å². The van der Waals surface area contributed by atoms with Crippen LogP contribution in [0.2, 0.25) is 0 Å². The minimum atomic E-state index is -0.890. The Labute approximate surface area is 112 Å². The number of hydrogen-bond acceptors (Lipinski definition) is 4. The highest BCUT2D eigenvalue weighted by Gasteiger charge is 2.32. The van der Waals surface area contributed by atoms with Gasteiger partial charge in [-0.25, -0.2) is 0 Å². The topological polar surface area (TPSA) is 67.8 Å². The first-order chi connectivity index (χ1) is 9.06. The predicted molar refractivity (Wildman–Crippen MR) is 70.8 cm³/mol. The molecule has 0 aliphatic heterocycles. The summed E-state index contributed by atoms with van der Waals surface area (Å²) in [6.45, 7) is 1.87. The van der Waals surface area contributed by atoms with Crippen molar-refractivity contribution < 1.29 is 19.4 Å². The summed E-state index contributed by atoms with van der Waals surface area (Å²) in [5.74, 6) is 0.310. The van der Waals surface area contributed by atoms with Gasteiger partial charge in [0.1, 0.15) is 17.5 Å². The minimum absolute atomic E-state index is 0.298. The maximum absolute atomic E-state index is 11.5. The SMILES string of the molecule is COc1cc(C)c(C(NC2CC2)C(=O)O)c(OC)c1. The molecule has 1 aromatic rings. The van der Waals surface area contributed by atoms with E-state index in [-0.39, 0.29) is 0 Å². The van der Waals surface area contributed by atoms with Crippen LogP contribution in [0.15, 0.2) is 12.1 Å². The largest absolute Gasteiger partial charge is 0.497 e. The number of nitrogens with one attached hydrogen (secondary N) is 1. The molecule has 1 aromatic carbocycles. The van der Waals surface area contributed by atoms with E-state index >= 15 is 0 Å². The van der Waals surface area contributed by atoms with Crippen LogP contribution in [-0.2, 0) is 4.79 Å². The van der Waals surface area contributed by atoms with Gasteiger partial charge >= 0.3 is 5.97 Å². The Bertz CT molecular complexity index is 483. The first kappa shape index (κ1) is 13.7. The molecular formula is C14H19NO4. The van der Waals surface area contributed by atoms with Gasteiger partial charge in [0.05, 0.1) is 14.2 Å². The van der Waals surface area contributed by atoms with E-state index in [1.165, 1.54) is 7.11 Å². The highest BCUT2D eigenvalue weighted by Crippen LogP contribution is 2.35. The smallest absolute Gasteiger partial charge is 0.325 e. The number of carboxylic acids is 1. The quantitative estimate of drug-likeness (QED) is 0.822. The summed E-state index contributed by atoms with van der Waals surface area (Å²) in [6, 6.07) is 3.09. The summed E-state index contributed by atoms with van der Waals surface area (Å²) >= 11 is 0. The lowest BCUT2D eigenvalue weighted by atomic mass is 9.99. The van der Waals surface area contributed by atoms with E-state index in [4.69, 9.17) is 9.47 Å². The predicted octanol–water partition coefficient (Wildman–Crippen LogP) is 1.89. The summed E-state index contributed by atoms with van der Waals surface area (Å²) in [5.41, 5.74) is 1.51. The van der Waals surface area contributed by atoms with Gasteiger partial charge < -0.3 is 14.6 Å². The lowest BCUT2D eigenvalue weighted by molar-refractivity contribution is -0.139. The third-order valence-corrected chi connectivity index (χ3v) is 3.29. The maximum atomic E-state index is 11.5. The molecule has 0 saturated heterocycles. The lowest BCUT2D eigenvalue weighted by Crippen LogP contribution is -2.31. The van der Waals surface area contributed by atoms with E-state index in [0.717, 1.165) is 18.4 Å². The van der Waals surface area contributed by atoms with Gasteiger partial charge in [-0.2, -0.15) is 0 Å². The highest BCUT2D eigenvalue weighted by molar-refractivity contribution is 5.78. The average molecular weight is 265 g/mol. The molecule has 5 nitrogen and oxygen atoms in total. The molecule has 1 aliphatic rings. The molecule has 2 rings (SSSR count). The van der Waals surface area contributed by atoms with Gasteiger partial charge in [0, 0.05) is 17.7 Å². The van der Waals surface area contributed by atoms with Crippen molar-refractivity contribution in [3.63, 3.8) is 0 Å². The van der Waals surface area contributed by atoms with Crippen molar-refractivity contribution in [1.29, 1.82) is 0 Å². The molecule has 1 atom stereocenters. The van der Waals surface area contributed by atoms with Crippen molar-refractivity contribution in [3.8, 4) is 11.5 Å². The Balaban J connectivity index is 2.41. The summed E-state index contributed by atoms with van der Waals surface area (Å²) < 4.78 is 10.5. The zero-order valence-corrected chi connectivity index (χ0v) is 11.4. The highest BCUT2D eigenvalue weighted by atomic mass is 16.5. The second kappa shape index (κ2) is 5.48. The summed E-state index contributed by atoms with van der Waals surface area (Å²) in [7, 11) is 3.11. The van der Waals surface area contributed by atoms with Gasteiger partial charge in [0.2, 0.25) is 0 Å². The van der Waals surface area contributed by atoms with Crippen molar-refractivity contribution in [1.82, 2.24) is 5.32 Å². The summed E-state index contributed by atoms with van der Waals surface area (Å²) in [4.78, 5) is 11.5. The first-order valence-electron chi connectivity index (χ1n) is 6.28. The molecule has 0 spiro atoms. The standard InChI is InChI=1S/C14H19NO4/c1-8-6-10(18-2)7-11(19-3)12(8)13(14(16)17)15-9-4-5-9/h6-7,9,13,15H,4-5H2,1-3H3,(H,16,17). The maximum Gasteiger partial charge on any atom is 0.325 e. The number of benzene rings is 1. The zero-order chi connectivity index (χ0) is 14.0. The number of aryl methyl sites for hydroxylation is 1. The molecule has 1 aliphatic carbocycles. The third kappa shape index (κ3) is 2.98. The third-order valence-electron chi connectivity index (χ3n) is 3.29. The molecule has 0 radical (unpaired) electrons. The minimum Gasteiger partial charge on any atom is -0.497 e. The van der Waals surface area contributed by atoms with Crippen molar-refractivity contribution in [2.45, 2.75) is 31.8 Å². The van der Waals surface area contributed by atoms with Crippen LogP contribution in [-0.4, -0.2) is 31.3 Å². The van der Waals surface area contributed by atoms with Crippen LogP contribution in [0, 0.1) is 6.92 Å². The molecule has 5 heteroatoms.